The molecule has 2 heterocycles. The third-order valence-electron chi connectivity index (χ3n) is 6.25. The number of nitrogens with zero attached hydrogens (tertiary/aromatic N) is 1. The highest BCUT2D eigenvalue weighted by Crippen LogP contribution is 2.59. The number of carbonyl (C=O) groups is 3. The van der Waals surface area contributed by atoms with Gasteiger partial charge in [-0.05, 0) is 42.5 Å². The Morgan fingerprint density at radius 1 is 1.14 bits per heavy atom. The number of nitrogens with one attached hydrogen (secondary N) is 1. The molecule has 3 atom stereocenters. The molecule has 1 saturated heterocycles. The number of carbonyl (C=O) groups excluding carboxylic acids is 2. The number of para-hydroxylation sites is 1. The van der Waals surface area contributed by atoms with E-state index in [1.54, 1.807) is 18.2 Å². The molecule has 2 aliphatic rings. The number of furan rings is 1. The summed E-state index contributed by atoms with van der Waals surface area (Å²) in [5, 5.41) is 13.8. The van der Waals surface area contributed by atoms with Crippen molar-refractivity contribution in [3.63, 3.8) is 0 Å². The average Bonchev–Trinajstić information content (AvgIpc) is 3.08. The number of hydrogen-bond acceptors (Lipinski definition) is 4. The Labute approximate surface area is 166 Å². The van der Waals surface area contributed by atoms with Crippen LogP contribution in [0.15, 0.2) is 46.9 Å². The van der Waals surface area contributed by atoms with Crippen molar-refractivity contribution in [1.29, 1.82) is 0 Å². The first kappa shape index (κ1) is 17.7. The lowest BCUT2D eigenvalue weighted by Gasteiger charge is -2.24. The molecular weight excluding hydrogens is 372 g/mol. The number of carboxylic acid groups (broad SMARTS) is 1. The number of piperidine rings is 1. The van der Waals surface area contributed by atoms with E-state index in [1.807, 2.05) is 31.2 Å². The fourth-order valence-corrected chi connectivity index (χ4v) is 4.56. The number of fused-ring (bicyclic) bond motifs is 4. The monoisotopic (exact) mass is 392 g/mol. The molecule has 1 aromatic heterocycles. The molecule has 0 spiro atoms. The van der Waals surface area contributed by atoms with Crippen molar-refractivity contribution in [1.82, 2.24) is 10.2 Å². The van der Waals surface area contributed by atoms with E-state index >= 15 is 0 Å². The van der Waals surface area contributed by atoms with Gasteiger partial charge in [0.05, 0.1) is 6.54 Å². The largest absolute Gasteiger partial charge is 0.480 e. The van der Waals surface area contributed by atoms with Gasteiger partial charge in [-0.15, -0.1) is 0 Å². The lowest BCUT2D eigenvalue weighted by Crippen LogP contribution is -2.47. The topological polar surface area (TPSA) is 99.9 Å². The lowest BCUT2D eigenvalue weighted by molar-refractivity contribution is -0.149. The van der Waals surface area contributed by atoms with Crippen molar-refractivity contribution in [2.75, 3.05) is 6.54 Å². The van der Waals surface area contributed by atoms with Crippen LogP contribution in [-0.4, -0.2) is 46.4 Å². The Morgan fingerprint density at radius 2 is 1.90 bits per heavy atom. The summed E-state index contributed by atoms with van der Waals surface area (Å²) in [6.07, 6.45) is 1.29. The van der Waals surface area contributed by atoms with E-state index in [4.69, 9.17) is 4.42 Å². The molecule has 0 radical (unpaired) electrons. The standard InChI is InChI=1S/C22H20N2O5/c1-22-9-15(21(27)28)24(18(22)10-22)19(25)11-23-20(26)12-6-7-17-14(8-12)13-4-2-3-5-16(13)29-17/h2-8,15,18H,9-11H2,1H3,(H,23,26)(H,27,28)/t15-,18-,22+/m0/s1. The normalized spacial score (nSPS) is 25.2. The predicted octanol–water partition coefficient (Wildman–Crippen LogP) is 2.78. The summed E-state index contributed by atoms with van der Waals surface area (Å²) >= 11 is 0. The number of amides is 2. The zero-order valence-electron chi connectivity index (χ0n) is 15.8. The van der Waals surface area contributed by atoms with Crippen LogP contribution in [0.1, 0.15) is 30.1 Å². The second-order valence-electron chi connectivity index (χ2n) is 8.22. The smallest absolute Gasteiger partial charge is 0.326 e. The van der Waals surface area contributed by atoms with Gasteiger partial charge >= 0.3 is 5.97 Å². The summed E-state index contributed by atoms with van der Waals surface area (Å²) < 4.78 is 5.76. The third-order valence-corrected chi connectivity index (χ3v) is 6.25. The number of rotatable bonds is 4. The first-order chi connectivity index (χ1) is 13.9. The summed E-state index contributed by atoms with van der Waals surface area (Å²) in [5.41, 5.74) is 1.75. The zero-order valence-corrected chi connectivity index (χ0v) is 15.8. The number of hydrogen-bond donors (Lipinski definition) is 2. The number of aliphatic carboxylic acids is 1. The maximum atomic E-state index is 12.7. The van der Waals surface area contributed by atoms with Gasteiger partial charge in [-0.3, -0.25) is 9.59 Å². The van der Waals surface area contributed by atoms with Crippen molar-refractivity contribution in [3.8, 4) is 0 Å². The van der Waals surface area contributed by atoms with Crippen LogP contribution < -0.4 is 5.32 Å². The molecule has 5 rings (SSSR count). The van der Waals surface area contributed by atoms with Gasteiger partial charge in [0.15, 0.2) is 0 Å². The van der Waals surface area contributed by atoms with Crippen LogP contribution in [0.5, 0.6) is 0 Å². The molecule has 1 aliphatic carbocycles. The van der Waals surface area contributed by atoms with E-state index in [0.717, 1.165) is 22.8 Å². The van der Waals surface area contributed by atoms with Crippen LogP contribution in [0.4, 0.5) is 0 Å². The molecule has 1 saturated carbocycles. The van der Waals surface area contributed by atoms with Crippen LogP contribution in [-0.2, 0) is 9.59 Å². The summed E-state index contributed by atoms with van der Waals surface area (Å²) in [6, 6.07) is 11.9. The summed E-state index contributed by atoms with van der Waals surface area (Å²) in [6.45, 7) is 1.78. The minimum atomic E-state index is -0.990. The quantitative estimate of drug-likeness (QED) is 0.711. The molecule has 7 nitrogen and oxygen atoms in total. The fraction of sp³-hybridized carbons (Fsp3) is 0.318. The highest BCUT2D eigenvalue weighted by Gasteiger charge is 2.64. The Balaban J connectivity index is 1.32. The molecule has 2 amide bonds. The Hall–Kier alpha value is -3.35. The van der Waals surface area contributed by atoms with E-state index in [-0.39, 0.29) is 29.8 Å². The fourth-order valence-electron chi connectivity index (χ4n) is 4.56. The van der Waals surface area contributed by atoms with Gasteiger partial charge in [-0.1, -0.05) is 25.1 Å². The molecule has 3 aromatic rings. The van der Waals surface area contributed by atoms with Gasteiger partial charge in [-0.25, -0.2) is 4.79 Å². The Morgan fingerprint density at radius 3 is 2.69 bits per heavy atom. The van der Waals surface area contributed by atoms with Gasteiger partial charge in [0.25, 0.3) is 5.91 Å². The Bertz CT molecular complexity index is 1180. The van der Waals surface area contributed by atoms with Crippen LogP contribution >= 0.6 is 0 Å². The second-order valence-corrected chi connectivity index (χ2v) is 8.22. The van der Waals surface area contributed by atoms with Crippen molar-refractivity contribution >= 4 is 39.7 Å². The molecule has 0 unspecified atom stereocenters. The zero-order chi connectivity index (χ0) is 20.3. The van der Waals surface area contributed by atoms with E-state index in [2.05, 4.69) is 5.32 Å². The maximum absolute atomic E-state index is 12.7. The first-order valence-electron chi connectivity index (χ1n) is 9.61. The molecule has 2 N–H and O–H groups in total. The third kappa shape index (κ3) is 2.76. The van der Waals surface area contributed by atoms with Gasteiger partial charge in [0, 0.05) is 22.4 Å². The molecule has 148 valence electrons. The summed E-state index contributed by atoms with van der Waals surface area (Å²) in [7, 11) is 0. The first-order valence-corrected chi connectivity index (χ1v) is 9.61. The molecule has 0 bridgehead atoms. The number of likely N-dealkylation sites (tertiary alicyclic amines) is 1. The highest BCUT2D eigenvalue weighted by molar-refractivity contribution is 6.08. The molecule has 2 aromatic carbocycles. The molecule has 1 aliphatic heterocycles. The van der Waals surface area contributed by atoms with Crippen LogP contribution in [0.25, 0.3) is 21.9 Å². The lowest BCUT2D eigenvalue weighted by atomic mass is 10.0. The van der Waals surface area contributed by atoms with E-state index in [0.29, 0.717) is 17.6 Å². The average molecular weight is 392 g/mol. The summed E-state index contributed by atoms with van der Waals surface area (Å²) in [5.74, 6) is -1.72. The van der Waals surface area contributed by atoms with E-state index in [9.17, 15) is 19.5 Å². The van der Waals surface area contributed by atoms with Gasteiger partial charge in [0.2, 0.25) is 5.91 Å². The van der Waals surface area contributed by atoms with Crippen LogP contribution in [0.3, 0.4) is 0 Å². The maximum Gasteiger partial charge on any atom is 0.326 e. The van der Waals surface area contributed by atoms with Crippen molar-refractivity contribution in [3.05, 3.63) is 48.0 Å². The highest BCUT2D eigenvalue weighted by atomic mass is 16.4. The number of carboxylic acids is 1. The van der Waals surface area contributed by atoms with Crippen molar-refractivity contribution in [2.24, 2.45) is 5.41 Å². The van der Waals surface area contributed by atoms with Crippen LogP contribution in [0.2, 0.25) is 0 Å². The van der Waals surface area contributed by atoms with Gasteiger partial charge in [-0.2, -0.15) is 0 Å². The minimum Gasteiger partial charge on any atom is -0.480 e. The SMILES string of the molecule is C[C@@]12C[C@@H]1N(C(=O)CNC(=O)c1ccc3oc4ccccc4c3c1)[C@H](C(=O)O)C2. The molecular formula is C22H20N2O5. The molecule has 29 heavy (non-hydrogen) atoms. The van der Waals surface area contributed by atoms with Crippen molar-refractivity contribution in [2.45, 2.75) is 31.8 Å². The minimum absolute atomic E-state index is 0.0401. The number of benzene rings is 2. The molecule has 2 fully saturated rings. The molecule has 7 heteroatoms. The second kappa shape index (κ2) is 6.07. The van der Waals surface area contributed by atoms with Crippen LogP contribution in [0, 0.1) is 5.41 Å². The van der Waals surface area contributed by atoms with Crippen molar-refractivity contribution < 1.29 is 23.9 Å². The predicted molar refractivity (Wildman–Crippen MR) is 105 cm³/mol. The van der Waals surface area contributed by atoms with E-state index in [1.165, 1.54) is 4.90 Å². The van der Waals surface area contributed by atoms with Gasteiger partial charge in [0.1, 0.15) is 17.2 Å². The van der Waals surface area contributed by atoms with Gasteiger partial charge < -0.3 is 19.7 Å². The van der Waals surface area contributed by atoms with E-state index < -0.39 is 12.0 Å². The summed E-state index contributed by atoms with van der Waals surface area (Å²) in [4.78, 5) is 38.2. The Kier molecular flexibility index (Phi) is 3.71.